The first-order valence-electron chi connectivity index (χ1n) is 8.91. The Morgan fingerprint density at radius 2 is 1.78 bits per heavy atom. The van der Waals surface area contributed by atoms with E-state index in [9.17, 15) is 13.2 Å². The van der Waals surface area contributed by atoms with Crippen LogP contribution in [0.2, 0.25) is 0 Å². The van der Waals surface area contributed by atoms with Gasteiger partial charge >= 0.3 is 0 Å². The molecular formula is C21H23NO4S. The van der Waals surface area contributed by atoms with E-state index in [2.05, 4.69) is 6.92 Å². The molecule has 142 valence electrons. The lowest BCUT2D eigenvalue weighted by molar-refractivity contribution is 0.415. The molecule has 0 amide bonds. The second kappa shape index (κ2) is 7.56. The highest BCUT2D eigenvalue weighted by Gasteiger charge is 2.24. The summed E-state index contributed by atoms with van der Waals surface area (Å²) in [6, 6.07) is 11.7. The minimum absolute atomic E-state index is 0.120. The molecule has 0 atom stereocenters. The summed E-state index contributed by atoms with van der Waals surface area (Å²) in [4.78, 5) is 13.0. The Morgan fingerprint density at radius 3 is 2.41 bits per heavy atom. The fraction of sp³-hybridized carbons (Fsp3) is 0.286. The van der Waals surface area contributed by atoms with Gasteiger partial charge in [-0.25, -0.2) is 8.42 Å². The Labute approximate surface area is 159 Å². The number of aromatic nitrogens is 1. The van der Waals surface area contributed by atoms with Crippen LogP contribution in [0, 0.1) is 6.92 Å². The van der Waals surface area contributed by atoms with Crippen molar-refractivity contribution in [2.45, 2.75) is 43.0 Å². The summed E-state index contributed by atoms with van der Waals surface area (Å²) in [7, 11) is -2.40. The van der Waals surface area contributed by atoms with Crippen molar-refractivity contribution < 1.29 is 13.2 Å². The van der Waals surface area contributed by atoms with Gasteiger partial charge in [0.15, 0.2) is 0 Å². The SMILES string of the molecule is CCCCn1cc(S(=O)(=O)c2ccc(C)cc2)c(=O)c2cc(OC)ccc21. The van der Waals surface area contributed by atoms with E-state index in [1.54, 1.807) is 30.3 Å². The van der Waals surface area contributed by atoms with Crippen molar-refractivity contribution in [2.75, 3.05) is 7.11 Å². The fourth-order valence-electron chi connectivity index (χ4n) is 3.03. The van der Waals surface area contributed by atoms with E-state index >= 15 is 0 Å². The van der Waals surface area contributed by atoms with Gasteiger partial charge in [0, 0.05) is 12.7 Å². The molecule has 0 N–H and O–H groups in total. The number of nitrogens with zero attached hydrogens (tertiary/aromatic N) is 1. The minimum atomic E-state index is -3.92. The molecule has 0 bridgehead atoms. The number of methoxy groups -OCH3 is 1. The van der Waals surface area contributed by atoms with Gasteiger partial charge in [-0.15, -0.1) is 0 Å². The lowest BCUT2D eigenvalue weighted by atomic mass is 10.2. The number of hydrogen-bond acceptors (Lipinski definition) is 4. The first-order chi connectivity index (χ1) is 12.9. The first-order valence-corrected chi connectivity index (χ1v) is 10.4. The molecule has 0 aliphatic carbocycles. The smallest absolute Gasteiger partial charge is 0.211 e. The third kappa shape index (κ3) is 3.62. The third-order valence-electron chi connectivity index (χ3n) is 4.63. The lowest BCUT2D eigenvalue weighted by Gasteiger charge is -2.14. The summed E-state index contributed by atoms with van der Waals surface area (Å²) < 4.78 is 33.4. The van der Waals surface area contributed by atoms with Gasteiger partial charge in [0.25, 0.3) is 0 Å². The molecule has 0 radical (unpaired) electrons. The number of pyridine rings is 1. The molecule has 2 aromatic carbocycles. The largest absolute Gasteiger partial charge is 0.497 e. The van der Waals surface area contributed by atoms with Crippen molar-refractivity contribution in [1.29, 1.82) is 0 Å². The maximum atomic E-state index is 13.1. The molecule has 0 aliphatic heterocycles. The monoisotopic (exact) mass is 385 g/mol. The van der Waals surface area contributed by atoms with E-state index in [4.69, 9.17) is 4.74 Å². The van der Waals surface area contributed by atoms with Crippen molar-refractivity contribution in [3.63, 3.8) is 0 Å². The first kappa shape index (κ1) is 19.2. The highest BCUT2D eigenvalue weighted by Crippen LogP contribution is 2.24. The summed E-state index contributed by atoms with van der Waals surface area (Å²) >= 11 is 0. The summed E-state index contributed by atoms with van der Waals surface area (Å²) in [6.45, 7) is 4.59. The van der Waals surface area contributed by atoms with Crippen LogP contribution in [-0.2, 0) is 16.4 Å². The number of fused-ring (bicyclic) bond motifs is 1. The number of rotatable bonds is 6. The van der Waals surface area contributed by atoms with E-state index in [-0.39, 0.29) is 9.79 Å². The van der Waals surface area contributed by atoms with Crippen LogP contribution in [0.4, 0.5) is 0 Å². The molecule has 5 nitrogen and oxygen atoms in total. The Balaban J connectivity index is 2.30. The van der Waals surface area contributed by atoms with Gasteiger partial charge in [0.2, 0.25) is 15.3 Å². The van der Waals surface area contributed by atoms with Crippen molar-refractivity contribution in [3.05, 3.63) is 64.4 Å². The molecule has 1 heterocycles. The van der Waals surface area contributed by atoms with E-state index in [1.165, 1.54) is 25.4 Å². The van der Waals surface area contributed by atoms with Gasteiger partial charge in [-0.2, -0.15) is 0 Å². The van der Waals surface area contributed by atoms with E-state index < -0.39 is 15.3 Å². The third-order valence-corrected chi connectivity index (χ3v) is 6.39. The minimum Gasteiger partial charge on any atom is -0.497 e. The van der Waals surface area contributed by atoms with Crippen molar-refractivity contribution in [2.24, 2.45) is 0 Å². The average molecular weight is 385 g/mol. The highest BCUT2D eigenvalue weighted by atomic mass is 32.2. The molecule has 27 heavy (non-hydrogen) atoms. The molecule has 0 aliphatic rings. The Bertz CT molecular complexity index is 1130. The normalized spacial score (nSPS) is 11.7. The topological polar surface area (TPSA) is 65.4 Å². The molecule has 0 saturated carbocycles. The van der Waals surface area contributed by atoms with Gasteiger partial charge in [-0.3, -0.25) is 4.79 Å². The maximum absolute atomic E-state index is 13.1. The number of ether oxygens (including phenoxy) is 1. The molecule has 0 spiro atoms. The summed E-state index contributed by atoms with van der Waals surface area (Å²) in [5.41, 5.74) is 1.16. The molecule has 1 aromatic heterocycles. The number of benzene rings is 2. The number of unbranched alkanes of at least 4 members (excludes halogenated alkanes) is 1. The molecule has 3 aromatic rings. The zero-order valence-electron chi connectivity index (χ0n) is 15.7. The van der Waals surface area contributed by atoms with Crippen LogP contribution >= 0.6 is 0 Å². The van der Waals surface area contributed by atoms with Crippen LogP contribution in [0.5, 0.6) is 5.75 Å². The van der Waals surface area contributed by atoms with Crippen LogP contribution < -0.4 is 10.2 Å². The van der Waals surface area contributed by atoms with Crippen LogP contribution in [0.1, 0.15) is 25.3 Å². The van der Waals surface area contributed by atoms with Gasteiger partial charge in [-0.1, -0.05) is 31.0 Å². The Kier molecular flexibility index (Phi) is 5.37. The van der Waals surface area contributed by atoms with Crippen LogP contribution in [-0.4, -0.2) is 20.1 Å². The second-order valence-electron chi connectivity index (χ2n) is 6.57. The molecule has 0 fully saturated rings. The Hall–Kier alpha value is -2.60. The molecule has 0 unspecified atom stereocenters. The number of hydrogen-bond donors (Lipinski definition) is 0. The van der Waals surface area contributed by atoms with Crippen molar-refractivity contribution in [1.82, 2.24) is 4.57 Å². The van der Waals surface area contributed by atoms with E-state index in [0.717, 1.165) is 18.4 Å². The summed E-state index contributed by atoms with van der Waals surface area (Å²) in [5, 5.41) is 0.346. The van der Waals surface area contributed by atoms with E-state index in [0.29, 0.717) is 23.2 Å². The lowest BCUT2D eigenvalue weighted by Crippen LogP contribution is -2.19. The van der Waals surface area contributed by atoms with Gasteiger partial charge in [0.1, 0.15) is 10.6 Å². The maximum Gasteiger partial charge on any atom is 0.211 e. The second-order valence-corrected chi connectivity index (χ2v) is 8.49. The predicted octanol–water partition coefficient (Wildman–Crippen LogP) is 3.95. The molecule has 6 heteroatoms. The summed E-state index contributed by atoms with van der Waals surface area (Å²) in [5.74, 6) is 0.520. The fourth-order valence-corrected chi connectivity index (χ4v) is 4.39. The predicted molar refractivity (Wildman–Crippen MR) is 106 cm³/mol. The average Bonchev–Trinajstić information content (AvgIpc) is 2.67. The highest BCUT2D eigenvalue weighted by molar-refractivity contribution is 7.91. The van der Waals surface area contributed by atoms with Crippen molar-refractivity contribution in [3.8, 4) is 5.75 Å². The van der Waals surface area contributed by atoms with Gasteiger partial charge in [0.05, 0.1) is 22.9 Å². The number of aryl methyl sites for hydroxylation is 2. The van der Waals surface area contributed by atoms with Crippen molar-refractivity contribution >= 4 is 20.7 Å². The van der Waals surface area contributed by atoms with Gasteiger partial charge in [-0.05, 0) is 43.7 Å². The van der Waals surface area contributed by atoms with Crippen LogP contribution in [0.25, 0.3) is 10.9 Å². The number of sulfone groups is 1. The molecule has 3 rings (SSSR count). The van der Waals surface area contributed by atoms with E-state index in [1.807, 2.05) is 11.5 Å². The standard InChI is InChI=1S/C21H23NO4S/c1-4-5-12-22-14-20(27(24,25)17-9-6-15(2)7-10-17)21(23)18-13-16(26-3)8-11-19(18)22/h6-11,13-14H,4-5,12H2,1-3H3. The molecular weight excluding hydrogens is 362 g/mol. The van der Waals surface area contributed by atoms with Gasteiger partial charge < -0.3 is 9.30 Å². The van der Waals surface area contributed by atoms with Crippen LogP contribution in [0.15, 0.2) is 63.2 Å². The Morgan fingerprint density at radius 1 is 1.07 bits per heavy atom. The molecule has 0 saturated heterocycles. The zero-order valence-corrected chi connectivity index (χ0v) is 16.5. The summed E-state index contributed by atoms with van der Waals surface area (Å²) in [6.07, 6.45) is 3.32. The zero-order chi connectivity index (χ0) is 19.6. The van der Waals surface area contributed by atoms with Crippen LogP contribution in [0.3, 0.4) is 0 Å². The quantitative estimate of drug-likeness (QED) is 0.644.